The Morgan fingerprint density at radius 1 is 1.38 bits per heavy atom. The molecule has 1 rings (SSSR count). The molecule has 1 aromatic rings. The predicted molar refractivity (Wildman–Crippen MR) is 61.7 cm³/mol. The van der Waals surface area contributed by atoms with Crippen molar-refractivity contribution in [3.8, 4) is 0 Å². The Bertz CT molecular complexity index is 351. The zero-order valence-electron chi connectivity index (χ0n) is 9.77. The number of aryl methyl sites for hydroxylation is 1. The Morgan fingerprint density at radius 3 is 2.31 bits per heavy atom. The van der Waals surface area contributed by atoms with E-state index in [0.717, 1.165) is 5.56 Å². The maximum absolute atomic E-state index is 10.8. The van der Waals surface area contributed by atoms with Crippen LogP contribution in [0.15, 0.2) is 18.2 Å². The van der Waals surface area contributed by atoms with Gasteiger partial charge in [0.15, 0.2) is 0 Å². The summed E-state index contributed by atoms with van der Waals surface area (Å²) in [6.07, 6.45) is 0.631. The van der Waals surface area contributed by atoms with Crippen LogP contribution in [0.5, 0.6) is 0 Å². The average Bonchev–Trinajstić information content (AvgIpc) is 2.30. The van der Waals surface area contributed by atoms with Crippen molar-refractivity contribution < 1.29 is 15.2 Å². The molecule has 0 fully saturated rings. The molecule has 0 unspecified atom stereocenters. The van der Waals surface area contributed by atoms with E-state index in [1.165, 1.54) is 6.07 Å². The van der Waals surface area contributed by atoms with Crippen LogP contribution in [0.3, 0.4) is 0 Å². The molecule has 0 saturated carbocycles. The van der Waals surface area contributed by atoms with Crippen molar-refractivity contribution in [3.05, 3.63) is 29.3 Å². The molecule has 0 radical (unpaired) electrons. The summed E-state index contributed by atoms with van der Waals surface area (Å²) in [5, 5.41) is 17.7. The van der Waals surface area contributed by atoms with E-state index in [1.807, 2.05) is 20.8 Å². The average molecular weight is 226 g/mol. The van der Waals surface area contributed by atoms with Crippen molar-refractivity contribution in [2.75, 3.05) is 5.23 Å². The molecule has 0 bridgehead atoms. The molecule has 1 aromatic carbocycles. The zero-order valence-corrected chi connectivity index (χ0v) is 9.77. The van der Waals surface area contributed by atoms with E-state index in [0.29, 0.717) is 6.42 Å². The Morgan fingerprint density at radius 2 is 1.94 bits per heavy atom. The first-order valence-corrected chi connectivity index (χ1v) is 5.17. The van der Waals surface area contributed by atoms with E-state index in [1.54, 1.807) is 12.1 Å². The Labute approximate surface area is 95.0 Å². The SMILES string of the molecule is CC.CCc1ccc(C(N)=O)cc1N(O)O. The first-order valence-electron chi connectivity index (χ1n) is 5.17. The largest absolute Gasteiger partial charge is 0.366 e. The number of carbonyl (C=O) groups excluding carboxylic acids is 1. The van der Waals surface area contributed by atoms with E-state index in [-0.39, 0.29) is 16.5 Å². The standard InChI is InChI=1S/C9H12N2O3.C2H6/c1-2-6-3-4-7(9(10)12)5-8(6)11(13)14;1-2/h3-5,13-14H,2H2,1H3,(H2,10,12);1-2H3. The van der Waals surface area contributed by atoms with Crippen LogP contribution in [-0.2, 0) is 6.42 Å². The van der Waals surface area contributed by atoms with Crippen molar-refractivity contribution in [1.82, 2.24) is 0 Å². The second kappa shape index (κ2) is 6.81. The van der Waals surface area contributed by atoms with Gasteiger partial charge < -0.3 is 5.73 Å². The summed E-state index contributed by atoms with van der Waals surface area (Å²) < 4.78 is 0. The van der Waals surface area contributed by atoms with Gasteiger partial charge in [0.25, 0.3) is 0 Å². The molecule has 16 heavy (non-hydrogen) atoms. The van der Waals surface area contributed by atoms with Crippen LogP contribution in [0.25, 0.3) is 0 Å². The van der Waals surface area contributed by atoms with Gasteiger partial charge in [-0.3, -0.25) is 15.2 Å². The van der Waals surface area contributed by atoms with Crippen molar-refractivity contribution >= 4 is 11.6 Å². The lowest BCUT2D eigenvalue weighted by Crippen LogP contribution is -2.16. The number of anilines is 1. The smallest absolute Gasteiger partial charge is 0.248 e. The molecule has 0 saturated heterocycles. The molecule has 0 aliphatic heterocycles. The predicted octanol–water partition coefficient (Wildman–Crippen LogP) is 1.96. The number of nitrogens with zero attached hydrogens (tertiary/aromatic N) is 1. The number of hydrogen-bond acceptors (Lipinski definition) is 4. The molecule has 90 valence electrons. The molecule has 1 amide bonds. The Balaban J connectivity index is 0.00000106. The molecular formula is C11H18N2O3. The maximum atomic E-state index is 10.8. The normalized spacial score (nSPS) is 9.06. The lowest BCUT2D eigenvalue weighted by Gasteiger charge is -2.13. The second-order valence-electron chi connectivity index (χ2n) is 2.85. The maximum Gasteiger partial charge on any atom is 0.248 e. The third kappa shape index (κ3) is 3.52. The number of hydrogen-bond donors (Lipinski definition) is 3. The Hall–Kier alpha value is -1.59. The van der Waals surface area contributed by atoms with Gasteiger partial charge in [-0.1, -0.05) is 26.8 Å². The van der Waals surface area contributed by atoms with Crippen LogP contribution < -0.4 is 11.0 Å². The highest BCUT2D eigenvalue weighted by Crippen LogP contribution is 2.20. The number of nitrogens with two attached hydrogens (primary N) is 1. The molecule has 0 aromatic heterocycles. The van der Waals surface area contributed by atoms with Gasteiger partial charge in [-0.15, -0.1) is 5.23 Å². The summed E-state index contributed by atoms with van der Waals surface area (Å²) in [6.45, 7) is 5.87. The van der Waals surface area contributed by atoms with Crippen LogP contribution in [-0.4, -0.2) is 16.3 Å². The topological polar surface area (TPSA) is 86.8 Å². The summed E-state index contributed by atoms with van der Waals surface area (Å²) >= 11 is 0. The number of rotatable bonds is 3. The third-order valence-corrected chi connectivity index (χ3v) is 1.97. The summed E-state index contributed by atoms with van der Waals surface area (Å²) in [4.78, 5) is 10.8. The minimum Gasteiger partial charge on any atom is -0.366 e. The van der Waals surface area contributed by atoms with E-state index in [2.05, 4.69) is 0 Å². The van der Waals surface area contributed by atoms with E-state index in [4.69, 9.17) is 16.1 Å². The third-order valence-electron chi connectivity index (χ3n) is 1.97. The number of amides is 1. The minimum atomic E-state index is -0.601. The molecule has 0 spiro atoms. The molecule has 0 atom stereocenters. The molecule has 5 nitrogen and oxygen atoms in total. The molecule has 4 N–H and O–H groups in total. The summed E-state index contributed by atoms with van der Waals surface area (Å²) in [5.74, 6) is -0.601. The lowest BCUT2D eigenvalue weighted by molar-refractivity contribution is 0.0287. The molecule has 5 heteroatoms. The van der Waals surface area contributed by atoms with Crippen molar-refractivity contribution in [2.24, 2.45) is 5.73 Å². The lowest BCUT2D eigenvalue weighted by atomic mass is 10.1. The van der Waals surface area contributed by atoms with Crippen molar-refractivity contribution in [3.63, 3.8) is 0 Å². The molecule has 0 heterocycles. The quantitative estimate of drug-likeness (QED) is 0.687. The van der Waals surface area contributed by atoms with Crippen molar-refractivity contribution in [1.29, 1.82) is 0 Å². The fourth-order valence-electron chi connectivity index (χ4n) is 1.20. The number of primary amides is 1. The van der Waals surface area contributed by atoms with Crippen LogP contribution in [0.1, 0.15) is 36.7 Å². The van der Waals surface area contributed by atoms with E-state index in [9.17, 15) is 4.79 Å². The van der Waals surface area contributed by atoms with Gasteiger partial charge in [0.1, 0.15) is 0 Å². The monoisotopic (exact) mass is 226 g/mol. The van der Waals surface area contributed by atoms with E-state index < -0.39 is 5.91 Å². The van der Waals surface area contributed by atoms with Gasteiger partial charge in [0.05, 0.1) is 5.69 Å². The van der Waals surface area contributed by atoms with Crippen molar-refractivity contribution in [2.45, 2.75) is 27.2 Å². The second-order valence-corrected chi connectivity index (χ2v) is 2.85. The summed E-state index contributed by atoms with van der Waals surface area (Å²) in [5.41, 5.74) is 6.19. The molecule has 0 aliphatic carbocycles. The highest BCUT2D eigenvalue weighted by molar-refractivity contribution is 5.93. The van der Waals surface area contributed by atoms with Gasteiger partial charge in [-0.05, 0) is 24.1 Å². The number of carbonyl (C=O) groups is 1. The van der Waals surface area contributed by atoms with Gasteiger partial charge in [0.2, 0.25) is 5.91 Å². The van der Waals surface area contributed by atoms with Gasteiger partial charge in [-0.25, -0.2) is 0 Å². The highest BCUT2D eigenvalue weighted by Gasteiger charge is 2.09. The summed E-state index contributed by atoms with van der Waals surface area (Å²) in [6, 6.07) is 4.52. The molecule has 0 aliphatic rings. The first-order chi connectivity index (χ1) is 7.56. The zero-order chi connectivity index (χ0) is 12.7. The van der Waals surface area contributed by atoms with Crippen LogP contribution in [0.2, 0.25) is 0 Å². The van der Waals surface area contributed by atoms with Crippen LogP contribution in [0.4, 0.5) is 5.69 Å². The van der Waals surface area contributed by atoms with E-state index >= 15 is 0 Å². The summed E-state index contributed by atoms with van der Waals surface area (Å²) in [7, 11) is 0. The number of benzene rings is 1. The van der Waals surface area contributed by atoms with Crippen LogP contribution in [0, 0.1) is 0 Å². The first kappa shape index (κ1) is 14.4. The van der Waals surface area contributed by atoms with Gasteiger partial charge in [-0.2, -0.15) is 0 Å². The Kier molecular flexibility index (Phi) is 6.14. The highest BCUT2D eigenvalue weighted by atomic mass is 16.8. The minimum absolute atomic E-state index is 0.00866. The van der Waals surface area contributed by atoms with Gasteiger partial charge in [0, 0.05) is 5.56 Å². The molecular weight excluding hydrogens is 208 g/mol. The fourth-order valence-corrected chi connectivity index (χ4v) is 1.20. The fraction of sp³-hybridized carbons (Fsp3) is 0.364. The van der Waals surface area contributed by atoms with Gasteiger partial charge >= 0.3 is 0 Å². The van der Waals surface area contributed by atoms with Crippen LogP contribution >= 0.6 is 0 Å².